The number of esters is 1. The van der Waals surface area contributed by atoms with Gasteiger partial charge in [-0.3, -0.25) is 13.8 Å². The molecule has 0 radical (unpaired) electrons. The van der Waals surface area contributed by atoms with E-state index in [-0.39, 0.29) is 34.9 Å². The number of likely N-dealkylation sites (N-methyl/N-ethyl adjacent to an activating group) is 1. The molecule has 1 aliphatic heterocycles. The standard InChI is InChI=1S/C30H46NO7P/c1-19-26(20(2)32)27(33)37-30(19)15-12-25-23-9-8-21-18-22(38-39(34,35)36-17-16-31(5,6)7)10-13-28(21,3)24(23)11-14-29(25,30)4/h8,22-25H,9-18H2,1-7H3/p+1/t22-,23?,24-,25-,28-,29-,30-/m0/s1. The highest BCUT2D eigenvalue weighted by atomic mass is 31.2. The minimum atomic E-state index is -4.11. The van der Waals surface area contributed by atoms with Crippen molar-refractivity contribution in [2.75, 3.05) is 34.3 Å². The first-order valence-corrected chi connectivity index (χ1v) is 16.1. The lowest BCUT2D eigenvalue weighted by molar-refractivity contribution is -0.870. The molecule has 1 spiro atoms. The third-order valence-electron chi connectivity index (χ3n) is 11.3. The van der Waals surface area contributed by atoms with Gasteiger partial charge in [-0.1, -0.05) is 25.5 Å². The number of ketones is 1. The van der Waals surface area contributed by atoms with Crippen LogP contribution in [0.5, 0.6) is 0 Å². The quantitative estimate of drug-likeness (QED) is 0.146. The molecule has 1 heterocycles. The molecule has 0 amide bonds. The number of allylic oxidation sites excluding steroid dienone is 1. The van der Waals surface area contributed by atoms with Crippen molar-refractivity contribution in [2.45, 2.75) is 90.8 Å². The molecule has 0 aromatic heterocycles. The van der Waals surface area contributed by atoms with Crippen LogP contribution in [0, 0.1) is 28.6 Å². The van der Waals surface area contributed by atoms with E-state index >= 15 is 0 Å². The van der Waals surface area contributed by atoms with E-state index in [0.29, 0.717) is 35.2 Å². The summed E-state index contributed by atoms with van der Waals surface area (Å²) in [5.41, 5.74) is 1.65. The summed E-state index contributed by atoms with van der Waals surface area (Å²) < 4.78 is 30.4. The monoisotopic (exact) mass is 564 g/mol. The number of ether oxygens (including phenoxy) is 1. The fraction of sp³-hybridized carbons (Fsp3) is 0.800. The second-order valence-corrected chi connectivity index (χ2v) is 15.7. The lowest BCUT2D eigenvalue weighted by Gasteiger charge is -2.59. The largest absolute Gasteiger partial charge is 0.472 e. The van der Waals surface area contributed by atoms with Crippen molar-refractivity contribution in [1.82, 2.24) is 0 Å². The number of hydrogen-bond acceptors (Lipinski definition) is 6. The normalized spacial score (nSPS) is 41.4. The summed E-state index contributed by atoms with van der Waals surface area (Å²) in [6.45, 7) is 8.87. The molecule has 0 saturated heterocycles. The van der Waals surface area contributed by atoms with Gasteiger partial charge in [0.05, 0.1) is 27.2 Å². The van der Waals surface area contributed by atoms with E-state index in [1.54, 1.807) is 0 Å². The Hall–Kier alpha value is -1.31. The Balaban J connectivity index is 1.31. The Bertz CT molecular complexity index is 1170. The number of phosphoric acid groups is 1. The number of fused-ring (bicyclic) bond motifs is 6. The zero-order valence-electron chi connectivity index (χ0n) is 24.7. The summed E-state index contributed by atoms with van der Waals surface area (Å²) in [6.07, 6.45) is 9.12. The van der Waals surface area contributed by atoms with Gasteiger partial charge >= 0.3 is 13.8 Å². The molecule has 0 aromatic carbocycles. The summed E-state index contributed by atoms with van der Waals surface area (Å²) in [5.74, 6) is 0.786. The van der Waals surface area contributed by atoms with Crippen LogP contribution in [0.2, 0.25) is 0 Å². The minimum absolute atomic E-state index is 0.0334. The van der Waals surface area contributed by atoms with E-state index in [4.69, 9.17) is 13.8 Å². The highest BCUT2D eigenvalue weighted by Crippen LogP contribution is 2.70. The van der Waals surface area contributed by atoms with E-state index in [1.807, 2.05) is 28.1 Å². The third-order valence-corrected chi connectivity index (χ3v) is 12.4. The number of phosphoric ester groups is 1. The smallest absolute Gasteiger partial charge is 0.450 e. The van der Waals surface area contributed by atoms with E-state index < -0.39 is 19.4 Å². The van der Waals surface area contributed by atoms with Crippen LogP contribution in [-0.2, 0) is 27.9 Å². The fourth-order valence-corrected chi connectivity index (χ4v) is 10.1. The predicted octanol–water partition coefficient (Wildman–Crippen LogP) is 5.36. The highest BCUT2D eigenvalue weighted by Gasteiger charge is 2.68. The lowest BCUT2D eigenvalue weighted by atomic mass is 9.46. The van der Waals surface area contributed by atoms with Gasteiger partial charge in [0.15, 0.2) is 5.78 Å². The van der Waals surface area contributed by atoms with Crippen LogP contribution >= 0.6 is 7.82 Å². The fourth-order valence-electron chi connectivity index (χ4n) is 9.20. The highest BCUT2D eigenvalue weighted by molar-refractivity contribution is 7.47. The van der Waals surface area contributed by atoms with E-state index in [9.17, 15) is 19.0 Å². The topological polar surface area (TPSA) is 99.1 Å². The number of quaternary nitrogens is 1. The molecule has 4 aliphatic carbocycles. The number of Topliss-reactive ketones (excluding diaryl/α,β-unsaturated/α-hetero) is 1. The van der Waals surface area contributed by atoms with Gasteiger partial charge in [0.2, 0.25) is 0 Å². The molecule has 5 aliphatic rings. The van der Waals surface area contributed by atoms with Gasteiger partial charge in [-0.25, -0.2) is 9.36 Å². The van der Waals surface area contributed by atoms with Crippen molar-refractivity contribution in [2.24, 2.45) is 28.6 Å². The van der Waals surface area contributed by atoms with Gasteiger partial charge in [0, 0.05) is 5.41 Å². The van der Waals surface area contributed by atoms with Crippen LogP contribution in [0.15, 0.2) is 22.8 Å². The molecular weight excluding hydrogens is 517 g/mol. The summed E-state index contributed by atoms with van der Waals surface area (Å²) >= 11 is 0. The molecule has 0 aromatic rings. The lowest BCUT2D eigenvalue weighted by Crippen LogP contribution is -2.55. The van der Waals surface area contributed by atoms with Crippen molar-refractivity contribution in [1.29, 1.82) is 0 Å². The molecule has 3 saturated carbocycles. The zero-order chi connectivity index (χ0) is 28.6. The van der Waals surface area contributed by atoms with Crippen LogP contribution in [-0.4, -0.2) is 67.1 Å². The van der Waals surface area contributed by atoms with Crippen molar-refractivity contribution in [3.63, 3.8) is 0 Å². The molecule has 3 fully saturated rings. The summed E-state index contributed by atoms with van der Waals surface area (Å²) in [7, 11) is 1.92. The molecule has 8 atom stereocenters. The number of carbonyl (C=O) groups excluding carboxylic acids is 2. The number of carbonyl (C=O) groups is 2. The Morgan fingerprint density at radius 3 is 2.49 bits per heavy atom. The van der Waals surface area contributed by atoms with Crippen LogP contribution < -0.4 is 0 Å². The van der Waals surface area contributed by atoms with Crippen LogP contribution in [0.25, 0.3) is 0 Å². The van der Waals surface area contributed by atoms with E-state index in [1.165, 1.54) is 12.5 Å². The second-order valence-electron chi connectivity index (χ2n) is 14.3. The summed E-state index contributed by atoms with van der Waals surface area (Å²) in [4.78, 5) is 35.4. The Kier molecular flexibility index (Phi) is 7.20. The van der Waals surface area contributed by atoms with E-state index in [2.05, 4.69) is 19.9 Å². The molecule has 1 N–H and O–H groups in total. The first-order chi connectivity index (χ1) is 18.0. The molecular formula is C30H47NO7P+. The van der Waals surface area contributed by atoms with Crippen LogP contribution in [0.1, 0.15) is 79.1 Å². The zero-order valence-corrected chi connectivity index (χ0v) is 25.6. The van der Waals surface area contributed by atoms with Gasteiger partial charge in [-0.2, -0.15) is 0 Å². The number of nitrogens with zero attached hydrogens (tertiary/aromatic N) is 1. The minimum Gasteiger partial charge on any atom is -0.450 e. The number of hydrogen-bond donors (Lipinski definition) is 1. The average Bonchev–Trinajstić information content (AvgIpc) is 3.25. The molecule has 8 nitrogen and oxygen atoms in total. The second kappa shape index (κ2) is 9.62. The molecule has 2 unspecified atom stereocenters. The molecule has 39 heavy (non-hydrogen) atoms. The predicted molar refractivity (Wildman–Crippen MR) is 147 cm³/mol. The van der Waals surface area contributed by atoms with Crippen molar-refractivity contribution in [3.8, 4) is 0 Å². The molecule has 5 rings (SSSR count). The van der Waals surface area contributed by atoms with Crippen molar-refractivity contribution >= 4 is 19.6 Å². The summed E-state index contributed by atoms with van der Waals surface area (Å²) in [6, 6.07) is 0. The van der Waals surface area contributed by atoms with Crippen LogP contribution in [0.4, 0.5) is 0 Å². The Morgan fingerprint density at radius 2 is 1.85 bits per heavy atom. The average molecular weight is 565 g/mol. The Morgan fingerprint density at radius 1 is 1.15 bits per heavy atom. The Labute approximate surface area is 233 Å². The van der Waals surface area contributed by atoms with Crippen molar-refractivity contribution < 1.29 is 37.3 Å². The van der Waals surface area contributed by atoms with Gasteiger partial charge in [0.1, 0.15) is 24.3 Å². The van der Waals surface area contributed by atoms with Gasteiger partial charge in [-0.15, -0.1) is 0 Å². The first kappa shape index (κ1) is 29.2. The molecule has 218 valence electrons. The molecule has 9 heteroatoms. The maximum absolute atomic E-state index is 12.8. The van der Waals surface area contributed by atoms with Crippen molar-refractivity contribution in [3.05, 3.63) is 22.8 Å². The SMILES string of the molecule is CC(=O)C1=C(C)[C@]2(CC[C@H]3C4CC=C5C[C@@H](OP(=O)(O)OCC[N+](C)(C)C)CC[C@]5(C)[C@H]4CC[C@@]32C)OC1=O. The maximum Gasteiger partial charge on any atom is 0.472 e. The summed E-state index contributed by atoms with van der Waals surface area (Å²) in [5, 5.41) is 0. The number of rotatable bonds is 7. The third kappa shape index (κ3) is 4.72. The van der Waals surface area contributed by atoms with Gasteiger partial charge in [0.25, 0.3) is 0 Å². The van der Waals surface area contributed by atoms with Gasteiger partial charge < -0.3 is 14.1 Å². The van der Waals surface area contributed by atoms with Gasteiger partial charge in [-0.05, 0) is 94.0 Å². The first-order valence-electron chi connectivity index (χ1n) is 14.6. The maximum atomic E-state index is 12.8. The van der Waals surface area contributed by atoms with E-state index in [0.717, 1.165) is 50.5 Å². The van der Waals surface area contributed by atoms with Crippen LogP contribution in [0.3, 0.4) is 0 Å². The molecule has 0 bridgehead atoms.